The predicted octanol–water partition coefficient (Wildman–Crippen LogP) is -0.199. The molecular formula is C14H19NO7. The van der Waals surface area contributed by atoms with Gasteiger partial charge in [-0.15, -0.1) is 0 Å². The first-order valence-electron chi connectivity index (χ1n) is 7.42. The lowest BCUT2D eigenvalue weighted by Gasteiger charge is -2.36. The van der Waals surface area contributed by atoms with Crippen LogP contribution in [-0.4, -0.2) is 60.5 Å². The lowest BCUT2D eigenvalue weighted by molar-refractivity contribution is -0.227. The second-order valence-electron chi connectivity index (χ2n) is 5.80. The fourth-order valence-corrected chi connectivity index (χ4v) is 3.42. The highest BCUT2D eigenvalue weighted by molar-refractivity contribution is 5.76. The van der Waals surface area contributed by atoms with Crippen LogP contribution in [0, 0.1) is 5.92 Å². The number of nitrogens with zero attached hydrogens (tertiary/aromatic N) is 1. The molecule has 0 spiro atoms. The number of rotatable bonds is 3. The van der Waals surface area contributed by atoms with E-state index in [-0.39, 0.29) is 18.6 Å². The Bertz CT molecular complexity index is 494. The zero-order chi connectivity index (χ0) is 15.9. The average Bonchev–Trinajstić information content (AvgIpc) is 2.99. The van der Waals surface area contributed by atoms with E-state index >= 15 is 0 Å². The molecule has 5 atom stereocenters. The topological polar surface area (TPSA) is 91.4 Å². The molecule has 22 heavy (non-hydrogen) atoms. The van der Waals surface area contributed by atoms with E-state index in [4.69, 9.17) is 19.0 Å². The molecule has 8 heteroatoms. The Balaban J connectivity index is 1.80. The van der Waals surface area contributed by atoms with E-state index < -0.39 is 36.2 Å². The summed E-state index contributed by atoms with van der Waals surface area (Å²) < 4.78 is 15.6. The molecule has 3 rings (SSSR count). The molecule has 0 aromatic carbocycles. The molecule has 0 saturated carbocycles. The number of ether oxygens (including phenoxy) is 3. The van der Waals surface area contributed by atoms with Crippen molar-refractivity contribution in [2.75, 3.05) is 13.2 Å². The molecule has 8 nitrogen and oxygen atoms in total. The monoisotopic (exact) mass is 313 g/mol. The Morgan fingerprint density at radius 3 is 2.77 bits per heavy atom. The normalized spacial score (nSPS) is 37.2. The minimum Gasteiger partial charge on any atom is -0.462 e. The summed E-state index contributed by atoms with van der Waals surface area (Å²) in [7, 11) is 0. The Kier molecular flexibility index (Phi) is 4.05. The number of hydrogen-bond donors (Lipinski definition) is 0. The summed E-state index contributed by atoms with van der Waals surface area (Å²) in [5.41, 5.74) is 0. The Hall–Kier alpha value is -1.67. The Morgan fingerprint density at radius 1 is 1.32 bits per heavy atom. The van der Waals surface area contributed by atoms with Crippen LogP contribution < -0.4 is 0 Å². The first-order valence-corrected chi connectivity index (χ1v) is 7.42. The third-order valence-electron chi connectivity index (χ3n) is 4.26. The molecule has 3 fully saturated rings. The van der Waals surface area contributed by atoms with Crippen molar-refractivity contribution in [3.8, 4) is 0 Å². The summed E-state index contributed by atoms with van der Waals surface area (Å²) in [5.74, 6) is -1.85. The standard InChI is InChI=1S/C14H19NO7/c1-7(16)19-6-10-12(20-8(2)17)13-11(14(18)21-10)9-4-3-5-15(9)22-13/h9-13H,3-6H2,1-2H3/t9-,10-,11+,12+,13-/m1/s1. The summed E-state index contributed by atoms with van der Waals surface area (Å²) in [6, 6.07) is -0.0368. The van der Waals surface area contributed by atoms with Gasteiger partial charge in [0.25, 0.3) is 0 Å². The molecule has 3 heterocycles. The number of esters is 3. The number of fused-ring (bicyclic) bond motifs is 3. The smallest absolute Gasteiger partial charge is 0.314 e. The first-order chi connectivity index (χ1) is 10.5. The molecule has 0 unspecified atom stereocenters. The quantitative estimate of drug-likeness (QED) is 0.522. The summed E-state index contributed by atoms with van der Waals surface area (Å²) in [5, 5.41) is 1.78. The second-order valence-corrected chi connectivity index (χ2v) is 5.80. The molecule has 0 amide bonds. The fraction of sp³-hybridized carbons (Fsp3) is 0.786. The summed E-state index contributed by atoms with van der Waals surface area (Å²) >= 11 is 0. The first kappa shape index (κ1) is 15.2. The molecule has 0 aliphatic carbocycles. The Morgan fingerprint density at radius 2 is 2.09 bits per heavy atom. The van der Waals surface area contributed by atoms with Gasteiger partial charge in [-0.3, -0.25) is 19.2 Å². The zero-order valence-electron chi connectivity index (χ0n) is 12.5. The van der Waals surface area contributed by atoms with Crippen LogP contribution in [0.2, 0.25) is 0 Å². The van der Waals surface area contributed by atoms with E-state index in [0.717, 1.165) is 19.4 Å². The Labute approximate surface area is 127 Å². The molecule has 122 valence electrons. The number of carbonyl (C=O) groups excluding carboxylic acids is 3. The third-order valence-corrected chi connectivity index (χ3v) is 4.26. The molecule has 0 N–H and O–H groups in total. The van der Waals surface area contributed by atoms with Gasteiger partial charge in [-0.25, -0.2) is 0 Å². The summed E-state index contributed by atoms with van der Waals surface area (Å²) in [6.07, 6.45) is -0.406. The van der Waals surface area contributed by atoms with Crippen LogP contribution in [0.1, 0.15) is 26.7 Å². The maximum absolute atomic E-state index is 12.3. The molecular weight excluding hydrogens is 294 g/mol. The fourth-order valence-electron chi connectivity index (χ4n) is 3.42. The van der Waals surface area contributed by atoms with Gasteiger partial charge < -0.3 is 14.2 Å². The van der Waals surface area contributed by atoms with E-state index in [1.807, 2.05) is 0 Å². The number of hydroxylamine groups is 2. The van der Waals surface area contributed by atoms with Gasteiger partial charge >= 0.3 is 17.9 Å². The van der Waals surface area contributed by atoms with Crippen molar-refractivity contribution >= 4 is 17.9 Å². The molecule has 0 aromatic heterocycles. The van der Waals surface area contributed by atoms with Crippen LogP contribution in [0.5, 0.6) is 0 Å². The summed E-state index contributed by atoms with van der Waals surface area (Å²) in [4.78, 5) is 40.5. The van der Waals surface area contributed by atoms with Crippen LogP contribution in [0.3, 0.4) is 0 Å². The van der Waals surface area contributed by atoms with Crippen LogP contribution >= 0.6 is 0 Å². The average molecular weight is 313 g/mol. The maximum atomic E-state index is 12.3. The SMILES string of the molecule is CC(=O)OC[C@H]1OC(=O)[C@@H]2[C@@H](ON3CCC[C@H]23)[C@H]1OC(C)=O. The van der Waals surface area contributed by atoms with Crippen molar-refractivity contribution in [2.24, 2.45) is 5.92 Å². The van der Waals surface area contributed by atoms with Crippen molar-refractivity contribution in [1.29, 1.82) is 0 Å². The van der Waals surface area contributed by atoms with E-state index in [1.54, 1.807) is 5.06 Å². The van der Waals surface area contributed by atoms with Gasteiger partial charge in [0.2, 0.25) is 0 Å². The van der Waals surface area contributed by atoms with Gasteiger partial charge in [0, 0.05) is 20.4 Å². The highest BCUT2D eigenvalue weighted by atomic mass is 16.7. The largest absolute Gasteiger partial charge is 0.462 e. The molecule has 3 saturated heterocycles. The third kappa shape index (κ3) is 2.68. The molecule has 0 bridgehead atoms. The van der Waals surface area contributed by atoms with Crippen molar-refractivity contribution in [1.82, 2.24) is 5.06 Å². The van der Waals surface area contributed by atoms with E-state index in [9.17, 15) is 14.4 Å². The number of hydrogen-bond acceptors (Lipinski definition) is 8. The van der Waals surface area contributed by atoms with Crippen molar-refractivity contribution < 1.29 is 33.4 Å². The predicted molar refractivity (Wildman–Crippen MR) is 70.2 cm³/mol. The van der Waals surface area contributed by atoms with Crippen LogP contribution in [0.4, 0.5) is 0 Å². The van der Waals surface area contributed by atoms with Crippen LogP contribution in [0.15, 0.2) is 0 Å². The lowest BCUT2D eigenvalue weighted by atomic mass is 9.86. The second kappa shape index (κ2) is 5.85. The lowest BCUT2D eigenvalue weighted by Crippen LogP contribution is -2.56. The highest BCUT2D eigenvalue weighted by Gasteiger charge is 2.59. The minimum atomic E-state index is -0.846. The molecule has 0 aromatic rings. The number of carbonyl (C=O) groups is 3. The molecule has 0 radical (unpaired) electrons. The number of cyclic esters (lactones) is 1. The van der Waals surface area contributed by atoms with E-state index in [1.165, 1.54) is 13.8 Å². The molecule has 3 aliphatic rings. The van der Waals surface area contributed by atoms with E-state index in [0.29, 0.717) is 0 Å². The van der Waals surface area contributed by atoms with Gasteiger partial charge in [0.1, 0.15) is 18.6 Å². The van der Waals surface area contributed by atoms with Crippen molar-refractivity contribution in [3.63, 3.8) is 0 Å². The van der Waals surface area contributed by atoms with Gasteiger partial charge in [0.05, 0.1) is 6.04 Å². The molecule has 3 aliphatic heterocycles. The van der Waals surface area contributed by atoms with Crippen molar-refractivity contribution in [2.45, 2.75) is 51.0 Å². The van der Waals surface area contributed by atoms with Gasteiger partial charge in [0.15, 0.2) is 12.2 Å². The van der Waals surface area contributed by atoms with Gasteiger partial charge in [-0.1, -0.05) is 0 Å². The maximum Gasteiger partial charge on any atom is 0.314 e. The van der Waals surface area contributed by atoms with E-state index in [2.05, 4.69) is 0 Å². The van der Waals surface area contributed by atoms with Gasteiger partial charge in [-0.2, -0.15) is 5.06 Å². The minimum absolute atomic E-state index is 0.0368. The zero-order valence-corrected chi connectivity index (χ0v) is 12.5. The van der Waals surface area contributed by atoms with Crippen LogP contribution in [-0.2, 0) is 33.4 Å². The van der Waals surface area contributed by atoms with Crippen LogP contribution in [0.25, 0.3) is 0 Å². The summed E-state index contributed by atoms with van der Waals surface area (Å²) in [6.45, 7) is 3.13. The van der Waals surface area contributed by atoms with Gasteiger partial charge in [-0.05, 0) is 12.8 Å². The van der Waals surface area contributed by atoms with Crippen molar-refractivity contribution in [3.05, 3.63) is 0 Å². The highest BCUT2D eigenvalue weighted by Crippen LogP contribution is 2.41.